The molecule has 0 radical (unpaired) electrons. The molecule has 2 aliphatic rings. The van der Waals surface area contributed by atoms with Crippen LogP contribution in [0.25, 0.3) is 11.1 Å². The van der Waals surface area contributed by atoms with Crippen LogP contribution in [0.5, 0.6) is 5.75 Å². The number of rotatable bonds is 11. The Bertz CT molecular complexity index is 1940. The highest BCUT2D eigenvalue weighted by atomic mass is 32.2. The zero-order valence-electron chi connectivity index (χ0n) is 30.5. The SMILES string of the molecule is Cc1c(C)c(S(=O)(=O)N=C(N)N(CCC[C@H](NC(=O)OCC2c3ccccc3-c3ccccc32)C(=O)O)OC(C)(C)C)c(C)c2c1OC(C)(C)C2. The molecule has 3 aromatic rings. The van der Waals surface area contributed by atoms with E-state index in [0.717, 1.165) is 38.4 Å². The van der Waals surface area contributed by atoms with Gasteiger partial charge in [-0.15, -0.1) is 4.40 Å². The second kappa shape index (κ2) is 14.2. The Hall–Kier alpha value is -4.62. The average Bonchev–Trinajstić information content (AvgIpc) is 3.54. The van der Waals surface area contributed by atoms with Gasteiger partial charge in [0, 0.05) is 24.4 Å². The highest BCUT2D eigenvalue weighted by Gasteiger charge is 2.37. The fourth-order valence-corrected chi connectivity index (χ4v) is 8.34. The van der Waals surface area contributed by atoms with Crippen LogP contribution < -0.4 is 15.8 Å². The number of nitrogens with one attached hydrogen (secondary N) is 1. The van der Waals surface area contributed by atoms with Gasteiger partial charge >= 0.3 is 12.1 Å². The summed E-state index contributed by atoms with van der Waals surface area (Å²) in [6, 6.07) is 14.6. The molecule has 1 heterocycles. The molecule has 0 aromatic heterocycles. The van der Waals surface area contributed by atoms with E-state index in [9.17, 15) is 23.1 Å². The highest BCUT2D eigenvalue weighted by molar-refractivity contribution is 7.90. The van der Waals surface area contributed by atoms with Crippen molar-refractivity contribution in [2.75, 3.05) is 13.2 Å². The minimum absolute atomic E-state index is 0.0124. The zero-order chi connectivity index (χ0) is 37.5. The molecule has 0 bridgehead atoms. The van der Waals surface area contributed by atoms with E-state index in [0.29, 0.717) is 23.3 Å². The maximum Gasteiger partial charge on any atom is 0.407 e. The molecular formula is C38H48N4O8S. The molecule has 0 saturated carbocycles. The molecule has 1 atom stereocenters. The molecule has 1 aliphatic heterocycles. The lowest BCUT2D eigenvalue weighted by Crippen LogP contribution is -2.45. The summed E-state index contributed by atoms with van der Waals surface area (Å²) in [4.78, 5) is 31.1. The second-order valence-electron chi connectivity index (χ2n) is 14.8. The van der Waals surface area contributed by atoms with Gasteiger partial charge in [-0.25, -0.2) is 14.7 Å². The highest BCUT2D eigenvalue weighted by Crippen LogP contribution is 2.45. The van der Waals surface area contributed by atoms with Crippen LogP contribution in [0, 0.1) is 20.8 Å². The molecule has 5 rings (SSSR count). The number of guanidine groups is 1. The first-order valence-electron chi connectivity index (χ1n) is 17.0. The average molecular weight is 721 g/mol. The Morgan fingerprint density at radius 2 is 1.63 bits per heavy atom. The largest absolute Gasteiger partial charge is 0.487 e. The number of alkyl carbamates (subject to hydrolysis) is 1. The molecule has 12 nitrogen and oxygen atoms in total. The predicted molar refractivity (Wildman–Crippen MR) is 194 cm³/mol. The maximum atomic E-state index is 13.8. The van der Waals surface area contributed by atoms with E-state index in [1.807, 2.05) is 69.3 Å². The van der Waals surface area contributed by atoms with Crippen molar-refractivity contribution in [1.82, 2.24) is 10.4 Å². The fourth-order valence-electron chi connectivity index (χ4n) is 6.86. The Kier molecular flexibility index (Phi) is 10.5. The topological polar surface area (TPSA) is 170 Å². The fraction of sp³-hybridized carbons (Fsp3) is 0.447. The van der Waals surface area contributed by atoms with Gasteiger partial charge in [-0.05, 0) is 107 Å². The molecule has 1 aliphatic carbocycles. The molecule has 13 heteroatoms. The minimum Gasteiger partial charge on any atom is -0.487 e. The monoisotopic (exact) mass is 720 g/mol. The Morgan fingerprint density at radius 3 is 2.20 bits per heavy atom. The Labute approximate surface area is 300 Å². The van der Waals surface area contributed by atoms with Crippen LogP contribution in [0.2, 0.25) is 0 Å². The van der Waals surface area contributed by atoms with Crippen LogP contribution in [0.4, 0.5) is 4.79 Å². The van der Waals surface area contributed by atoms with Gasteiger partial charge in [-0.3, -0.25) is 4.84 Å². The standard InChI is InChI=1S/C38H48N4O8S/c1-22-23(2)33(24(3)29-20-38(7,8)49-32(22)29)51(46,47)41-35(39)42(50-37(4,5)6)19-13-18-31(34(43)44)40-36(45)48-21-30-27-16-11-9-14-25(27)26-15-10-12-17-28(26)30/h9-12,14-17,30-31H,13,18-21H2,1-8H3,(H2,39,41)(H,40,45)(H,43,44)/t31-/m0/s1. The number of carbonyl (C=O) groups is 2. The molecule has 0 fully saturated rings. The first-order valence-corrected chi connectivity index (χ1v) is 18.5. The lowest BCUT2D eigenvalue weighted by atomic mass is 9.94. The van der Waals surface area contributed by atoms with Gasteiger partial charge in [0.25, 0.3) is 10.0 Å². The second-order valence-corrected chi connectivity index (χ2v) is 16.3. The van der Waals surface area contributed by atoms with Crippen molar-refractivity contribution < 1.29 is 37.4 Å². The Morgan fingerprint density at radius 1 is 1.04 bits per heavy atom. The lowest BCUT2D eigenvalue weighted by Gasteiger charge is -2.30. The number of fused-ring (bicyclic) bond motifs is 4. The van der Waals surface area contributed by atoms with Crippen molar-refractivity contribution in [3.63, 3.8) is 0 Å². The summed E-state index contributed by atoms with van der Waals surface area (Å²) in [6.45, 7) is 14.5. The molecule has 51 heavy (non-hydrogen) atoms. The quantitative estimate of drug-likeness (QED) is 0.119. The normalized spacial score (nSPS) is 15.7. The maximum absolute atomic E-state index is 13.8. The lowest BCUT2D eigenvalue weighted by molar-refractivity contribution is -0.183. The number of hydrogen-bond acceptors (Lipinski definition) is 7. The summed E-state index contributed by atoms with van der Waals surface area (Å²) < 4.78 is 43.3. The van der Waals surface area contributed by atoms with Crippen molar-refractivity contribution >= 4 is 28.0 Å². The summed E-state index contributed by atoms with van der Waals surface area (Å²) >= 11 is 0. The van der Waals surface area contributed by atoms with Crippen LogP contribution in [-0.2, 0) is 30.8 Å². The van der Waals surface area contributed by atoms with Gasteiger partial charge in [-0.2, -0.15) is 8.42 Å². The first-order chi connectivity index (χ1) is 23.8. The number of hydroxylamine groups is 2. The third-order valence-electron chi connectivity index (χ3n) is 9.19. The number of aliphatic carboxylic acids is 1. The van der Waals surface area contributed by atoms with E-state index in [1.54, 1.807) is 34.6 Å². The van der Waals surface area contributed by atoms with Gasteiger partial charge < -0.3 is 25.6 Å². The number of carboxylic acid groups (broad SMARTS) is 1. The molecule has 0 spiro atoms. The van der Waals surface area contributed by atoms with Crippen LogP contribution in [0.1, 0.15) is 86.8 Å². The third kappa shape index (κ3) is 8.15. The minimum atomic E-state index is -4.31. The molecule has 3 aromatic carbocycles. The van der Waals surface area contributed by atoms with Crippen molar-refractivity contribution in [2.24, 2.45) is 10.1 Å². The van der Waals surface area contributed by atoms with E-state index in [1.165, 1.54) is 0 Å². The number of carboxylic acids is 1. The summed E-state index contributed by atoms with van der Waals surface area (Å²) in [6.07, 6.45) is -0.189. The van der Waals surface area contributed by atoms with Crippen molar-refractivity contribution in [2.45, 2.75) is 103 Å². The molecule has 1 amide bonds. The number of hydrogen-bond donors (Lipinski definition) is 3. The number of carbonyl (C=O) groups excluding carboxylic acids is 1. The zero-order valence-corrected chi connectivity index (χ0v) is 31.3. The molecule has 0 unspecified atom stereocenters. The summed E-state index contributed by atoms with van der Waals surface area (Å²) in [7, 11) is -4.31. The smallest absolute Gasteiger partial charge is 0.407 e. The predicted octanol–water partition coefficient (Wildman–Crippen LogP) is 6.13. The third-order valence-corrected chi connectivity index (χ3v) is 10.7. The number of nitrogens with zero attached hydrogens (tertiary/aromatic N) is 2. The van der Waals surface area contributed by atoms with E-state index >= 15 is 0 Å². The van der Waals surface area contributed by atoms with Gasteiger partial charge in [0.1, 0.15) is 24.0 Å². The molecular weight excluding hydrogens is 673 g/mol. The van der Waals surface area contributed by atoms with Gasteiger partial charge in [0.05, 0.1) is 10.5 Å². The number of benzene rings is 3. The van der Waals surface area contributed by atoms with Gasteiger partial charge in [0.2, 0.25) is 5.96 Å². The van der Waals surface area contributed by atoms with Gasteiger partial charge in [0.15, 0.2) is 0 Å². The first kappa shape index (κ1) is 37.6. The van der Waals surface area contributed by atoms with Crippen molar-refractivity contribution in [1.29, 1.82) is 0 Å². The van der Waals surface area contributed by atoms with E-state index in [-0.39, 0.29) is 36.8 Å². The van der Waals surface area contributed by atoms with E-state index < -0.39 is 45.3 Å². The number of amides is 1. The van der Waals surface area contributed by atoms with Crippen LogP contribution in [0.15, 0.2) is 57.8 Å². The molecule has 274 valence electrons. The van der Waals surface area contributed by atoms with Crippen LogP contribution in [-0.4, -0.2) is 67.0 Å². The van der Waals surface area contributed by atoms with Crippen LogP contribution in [0.3, 0.4) is 0 Å². The van der Waals surface area contributed by atoms with E-state index in [4.69, 9.17) is 20.0 Å². The van der Waals surface area contributed by atoms with Crippen LogP contribution >= 0.6 is 0 Å². The summed E-state index contributed by atoms with van der Waals surface area (Å²) in [5, 5.41) is 13.5. The van der Waals surface area contributed by atoms with Gasteiger partial charge in [-0.1, -0.05) is 48.5 Å². The van der Waals surface area contributed by atoms with E-state index in [2.05, 4.69) is 9.71 Å². The number of nitrogens with two attached hydrogens (primary N) is 1. The molecule has 0 saturated heterocycles. The van der Waals surface area contributed by atoms with Crippen molar-refractivity contribution in [3.8, 4) is 16.9 Å². The summed E-state index contributed by atoms with van der Waals surface area (Å²) in [5.74, 6) is -1.14. The Balaban J connectivity index is 1.26. The molecule has 4 N–H and O–H groups in total. The summed E-state index contributed by atoms with van der Waals surface area (Å²) in [5.41, 5.74) is 11.9. The number of sulfonamides is 1. The number of ether oxygens (including phenoxy) is 2. The van der Waals surface area contributed by atoms with Crippen molar-refractivity contribution in [3.05, 3.63) is 81.9 Å².